The summed E-state index contributed by atoms with van der Waals surface area (Å²) in [4.78, 5) is 31.9. The number of ketones is 1. The molecule has 0 bridgehead atoms. The molecule has 0 radical (unpaired) electrons. The molecule has 3 aromatic carbocycles. The van der Waals surface area contributed by atoms with Gasteiger partial charge in [-0.25, -0.2) is 9.37 Å². The summed E-state index contributed by atoms with van der Waals surface area (Å²) in [7, 11) is 0. The lowest BCUT2D eigenvalue weighted by atomic mass is 9.95. The Hall–Kier alpha value is -3.84. The van der Waals surface area contributed by atoms with E-state index in [2.05, 4.69) is 4.98 Å². The van der Waals surface area contributed by atoms with E-state index in [-0.39, 0.29) is 11.3 Å². The molecule has 0 saturated carbocycles. The molecule has 1 aliphatic heterocycles. The van der Waals surface area contributed by atoms with Gasteiger partial charge < -0.3 is 5.11 Å². The standard InChI is InChI=1S/C24H15FN2O3S/c25-16-10-6-9-15(13-16)20-19(21(28)14-7-2-1-3-8-14)22(29)23(30)27(20)24-26-17-11-4-5-12-18(17)31-24/h1-13,20,28H/t20-/m0/s1. The van der Waals surface area contributed by atoms with Gasteiger partial charge in [0, 0.05) is 5.56 Å². The molecule has 1 aromatic heterocycles. The number of aliphatic hydroxyl groups is 1. The van der Waals surface area contributed by atoms with E-state index in [0.717, 1.165) is 4.70 Å². The molecule has 1 amide bonds. The van der Waals surface area contributed by atoms with Gasteiger partial charge in [0.1, 0.15) is 11.6 Å². The van der Waals surface area contributed by atoms with Gasteiger partial charge in [0.05, 0.1) is 21.8 Å². The van der Waals surface area contributed by atoms with Gasteiger partial charge in [0.25, 0.3) is 5.78 Å². The Morgan fingerprint density at radius 3 is 2.45 bits per heavy atom. The third kappa shape index (κ3) is 3.19. The first-order valence-electron chi connectivity index (χ1n) is 9.52. The number of para-hydroxylation sites is 1. The number of carbonyl (C=O) groups is 2. The molecule has 2 heterocycles. The largest absolute Gasteiger partial charge is 0.507 e. The van der Waals surface area contributed by atoms with Gasteiger partial charge in [-0.3, -0.25) is 14.5 Å². The molecule has 1 saturated heterocycles. The highest BCUT2D eigenvalue weighted by Crippen LogP contribution is 2.44. The average Bonchev–Trinajstić information content (AvgIpc) is 3.32. The number of fused-ring (bicyclic) bond motifs is 1. The lowest BCUT2D eigenvalue weighted by Crippen LogP contribution is -2.29. The quantitative estimate of drug-likeness (QED) is 0.280. The topological polar surface area (TPSA) is 70.5 Å². The molecule has 1 aliphatic rings. The van der Waals surface area contributed by atoms with Crippen molar-refractivity contribution in [1.29, 1.82) is 0 Å². The third-order valence-corrected chi connectivity index (χ3v) is 6.18. The van der Waals surface area contributed by atoms with Crippen LogP contribution in [0.5, 0.6) is 0 Å². The van der Waals surface area contributed by atoms with Crippen LogP contribution in [0.15, 0.2) is 84.4 Å². The minimum absolute atomic E-state index is 0.0962. The molecular weight excluding hydrogens is 415 g/mol. The number of aliphatic hydroxyl groups excluding tert-OH is 1. The smallest absolute Gasteiger partial charge is 0.301 e. The molecule has 5 rings (SSSR count). The molecule has 1 fully saturated rings. The molecule has 0 spiro atoms. The molecule has 31 heavy (non-hydrogen) atoms. The van der Waals surface area contributed by atoms with Crippen LogP contribution in [0.4, 0.5) is 9.52 Å². The summed E-state index contributed by atoms with van der Waals surface area (Å²) in [6, 6.07) is 20.5. The van der Waals surface area contributed by atoms with Crippen LogP contribution >= 0.6 is 11.3 Å². The summed E-state index contributed by atoms with van der Waals surface area (Å²) in [6.45, 7) is 0. The second kappa shape index (κ2) is 7.45. The zero-order chi connectivity index (χ0) is 21.5. The van der Waals surface area contributed by atoms with E-state index >= 15 is 0 Å². The first-order chi connectivity index (χ1) is 15.0. The second-order valence-corrected chi connectivity index (χ2v) is 8.06. The van der Waals surface area contributed by atoms with Crippen molar-refractivity contribution in [2.45, 2.75) is 6.04 Å². The highest BCUT2D eigenvalue weighted by Gasteiger charge is 2.48. The molecule has 1 N–H and O–H groups in total. The maximum atomic E-state index is 14.1. The number of halogens is 1. The highest BCUT2D eigenvalue weighted by molar-refractivity contribution is 7.22. The van der Waals surface area contributed by atoms with E-state index in [1.165, 1.54) is 34.4 Å². The van der Waals surface area contributed by atoms with Crippen LogP contribution in [-0.2, 0) is 9.59 Å². The fourth-order valence-electron chi connectivity index (χ4n) is 3.74. The van der Waals surface area contributed by atoms with E-state index in [4.69, 9.17) is 0 Å². The van der Waals surface area contributed by atoms with Crippen LogP contribution in [0.1, 0.15) is 17.2 Å². The van der Waals surface area contributed by atoms with Gasteiger partial charge in [-0.15, -0.1) is 0 Å². The third-order valence-electron chi connectivity index (χ3n) is 5.14. The molecule has 5 nitrogen and oxygen atoms in total. The SMILES string of the molecule is O=C1C(=O)N(c2nc3ccccc3s2)[C@@H](c2cccc(F)c2)C1=C(O)c1ccccc1. The van der Waals surface area contributed by atoms with Crippen molar-refractivity contribution in [1.82, 2.24) is 4.98 Å². The van der Waals surface area contributed by atoms with Crippen molar-refractivity contribution < 1.29 is 19.1 Å². The molecule has 7 heteroatoms. The minimum Gasteiger partial charge on any atom is -0.507 e. The Kier molecular flexibility index (Phi) is 4.60. The molecule has 0 aliphatic carbocycles. The first kappa shape index (κ1) is 19.1. The number of rotatable bonds is 3. The number of aromatic nitrogens is 1. The summed E-state index contributed by atoms with van der Waals surface area (Å²) < 4.78 is 14.9. The molecule has 0 unspecified atom stereocenters. The fourth-order valence-corrected chi connectivity index (χ4v) is 4.73. The van der Waals surface area contributed by atoms with Crippen molar-refractivity contribution in [2.24, 2.45) is 0 Å². The first-order valence-corrected chi connectivity index (χ1v) is 10.3. The van der Waals surface area contributed by atoms with Crippen LogP contribution in [0, 0.1) is 5.82 Å². The van der Waals surface area contributed by atoms with E-state index in [1.807, 2.05) is 24.3 Å². The van der Waals surface area contributed by atoms with Crippen LogP contribution < -0.4 is 4.90 Å². The Balaban J connectivity index is 1.75. The van der Waals surface area contributed by atoms with E-state index in [9.17, 15) is 19.1 Å². The summed E-state index contributed by atoms with van der Waals surface area (Å²) in [6.07, 6.45) is 0. The monoisotopic (exact) mass is 430 g/mol. The Bertz CT molecular complexity index is 1330. The van der Waals surface area contributed by atoms with Crippen molar-refractivity contribution in [3.05, 3.63) is 101 Å². The zero-order valence-electron chi connectivity index (χ0n) is 16.0. The van der Waals surface area contributed by atoms with Crippen LogP contribution in [0.25, 0.3) is 16.0 Å². The van der Waals surface area contributed by atoms with Gasteiger partial charge in [-0.05, 0) is 29.8 Å². The number of Topliss-reactive ketones (excluding diaryl/α,β-unsaturated/α-hetero) is 1. The van der Waals surface area contributed by atoms with Gasteiger partial charge in [-0.1, -0.05) is 65.9 Å². The summed E-state index contributed by atoms with van der Waals surface area (Å²) >= 11 is 1.26. The number of hydrogen-bond donors (Lipinski definition) is 1. The lowest BCUT2D eigenvalue weighted by Gasteiger charge is -2.23. The second-order valence-electron chi connectivity index (χ2n) is 7.05. The number of carbonyl (C=O) groups excluding carboxylic acids is 2. The predicted octanol–water partition coefficient (Wildman–Crippen LogP) is 5.06. The maximum Gasteiger partial charge on any atom is 0.301 e. The van der Waals surface area contributed by atoms with Gasteiger partial charge in [0.15, 0.2) is 5.13 Å². The Morgan fingerprint density at radius 1 is 0.968 bits per heavy atom. The number of hydrogen-bond acceptors (Lipinski definition) is 5. The summed E-state index contributed by atoms with van der Waals surface area (Å²) in [5.41, 5.74) is 1.36. The van der Waals surface area contributed by atoms with Crippen LogP contribution in [0.2, 0.25) is 0 Å². The van der Waals surface area contributed by atoms with E-state index in [0.29, 0.717) is 21.8 Å². The maximum absolute atomic E-state index is 14.1. The van der Waals surface area contributed by atoms with Gasteiger partial charge >= 0.3 is 5.91 Å². The zero-order valence-corrected chi connectivity index (χ0v) is 16.8. The molecule has 152 valence electrons. The highest BCUT2D eigenvalue weighted by atomic mass is 32.1. The van der Waals surface area contributed by atoms with Crippen LogP contribution in [0.3, 0.4) is 0 Å². The summed E-state index contributed by atoms with van der Waals surface area (Å²) in [5.74, 6) is -2.47. The molecule has 4 aromatic rings. The fraction of sp³-hybridized carbons (Fsp3) is 0.0417. The predicted molar refractivity (Wildman–Crippen MR) is 117 cm³/mol. The van der Waals surface area contributed by atoms with Crippen molar-refractivity contribution in [3.8, 4) is 0 Å². The lowest BCUT2D eigenvalue weighted by molar-refractivity contribution is -0.132. The van der Waals surface area contributed by atoms with Gasteiger partial charge in [-0.2, -0.15) is 0 Å². The van der Waals surface area contributed by atoms with Crippen molar-refractivity contribution in [2.75, 3.05) is 4.90 Å². The number of nitrogens with zero attached hydrogens (tertiary/aromatic N) is 2. The van der Waals surface area contributed by atoms with Crippen molar-refractivity contribution >= 4 is 44.1 Å². The number of benzene rings is 3. The molecular formula is C24H15FN2O3S. The normalized spacial score (nSPS) is 18.1. The number of amides is 1. The minimum atomic E-state index is -1.00. The van der Waals surface area contributed by atoms with E-state index in [1.54, 1.807) is 36.4 Å². The van der Waals surface area contributed by atoms with Crippen molar-refractivity contribution in [3.63, 3.8) is 0 Å². The Morgan fingerprint density at radius 2 is 1.71 bits per heavy atom. The summed E-state index contributed by atoms with van der Waals surface area (Å²) in [5, 5.41) is 11.3. The molecule has 1 atom stereocenters. The van der Waals surface area contributed by atoms with E-state index < -0.39 is 23.5 Å². The average molecular weight is 430 g/mol. The number of anilines is 1. The Labute approximate surface area is 180 Å². The van der Waals surface area contributed by atoms with Gasteiger partial charge in [0.2, 0.25) is 0 Å². The van der Waals surface area contributed by atoms with Crippen LogP contribution in [-0.4, -0.2) is 21.8 Å². The number of thiazole rings is 1.